The molecule has 3 nitrogen and oxygen atoms in total. The Labute approximate surface area is 93.7 Å². The van der Waals surface area contributed by atoms with Crippen LogP contribution in [0.4, 0.5) is 0 Å². The lowest BCUT2D eigenvalue weighted by molar-refractivity contribution is 0.765. The molecule has 0 atom stereocenters. The molecule has 0 radical (unpaired) electrons. The van der Waals surface area contributed by atoms with Crippen LogP contribution in [0.1, 0.15) is 5.56 Å². The first-order valence-corrected chi connectivity index (χ1v) is 5.95. The minimum Gasteiger partial charge on any atom is -0.319 e. The number of hydrogen-bond acceptors (Lipinski definition) is 3. The summed E-state index contributed by atoms with van der Waals surface area (Å²) in [6.07, 6.45) is 3.12. The van der Waals surface area contributed by atoms with Gasteiger partial charge in [-0.25, -0.2) is 0 Å². The molecule has 0 aliphatic rings. The highest BCUT2D eigenvalue weighted by Crippen LogP contribution is 2.24. The SMILES string of the molecule is CNCCc1cn(C)nc1-c1ccsc1. The molecule has 0 unspecified atom stereocenters. The zero-order chi connectivity index (χ0) is 10.7. The molecule has 80 valence electrons. The Hall–Kier alpha value is -1.13. The van der Waals surface area contributed by atoms with Gasteiger partial charge in [0.05, 0.1) is 5.69 Å². The van der Waals surface area contributed by atoms with Crippen LogP contribution in [0.2, 0.25) is 0 Å². The standard InChI is InChI=1S/C11H15N3S/c1-12-5-3-9-7-14(2)13-11(9)10-4-6-15-8-10/h4,6-8,12H,3,5H2,1-2H3. The first-order valence-electron chi connectivity index (χ1n) is 5.01. The molecule has 2 heterocycles. The van der Waals surface area contributed by atoms with Crippen molar-refractivity contribution in [1.82, 2.24) is 15.1 Å². The Bertz CT molecular complexity index is 417. The maximum atomic E-state index is 4.50. The summed E-state index contributed by atoms with van der Waals surface area (Å²) in [6.45, 7) is 0.989. The van der Waals surface area contributed by atoms with Crippen molar-refractivity contribution >= 4 is 11.3 Å². The van der Waals surface area contributed by atoms with Gasteiger partial charge in [0.15, 0.2) is 0 Å². The zero-order valence-electron chi connectivity index (χ0n) is 9.03. The molecule has 2 aromatic heterocycles. The van der Waals surface area contributed by atoms with Crippen molar-refractivity contribution in [2.75, 3.05) is 13.6 Å². The van der Waals surface area contributed by atoms with E-state index in [0.29, 0.717) is 0 Å². The Morgan fingerprint density at radius 1 is 1.53 bits per heavy atom. The molecule has 0 saturated heterocycles. The van der Waals surface area contributed by atoms with Crippen molar-refractivity contribution in [2.45, 2.75) is 6.42 Å². The van der Waals surface area contributed by atoms with Crippen LogP contribution in [0.15, 0.2) is 23.0 Å². The van der Waals surface area contributed by atoms with Crippen LogP contribution in [0.3, 0.4) is 0 Å². The molecule has 1 N–H and O–H groups in total. The smallest absolute Gasteiger partial charge is 0.0963 e. The summed E-state index contributed by atoms with van der Waals surface area (Å²) in [5, 5.41) is 11.9. The third-order valence-corrected chi connectivity index (χ3v) is 3.03. The summed E-state index contributed by atoms with van der Waals surface area (Å²) < 4.78 is 1.89. The molecular weight excluding hydrogens is 206 g/mol. The summed E-state index contributed by atoms with van der Waals surface area (Å²) in [5.41, 5.74) is 3.66. The fourth-order valence-corrected chi connectivity index (χ4v) is 2.26. The van der Waals surface area contributed by atoms with Crippen molar-refractivity contribution in [3.05, 3.63) is 28.6 Å². The summed E-state index contributed by atoms with van der Waals surface area (Å²) in [7, 11) is 3.94. The zero-order valence-corrected chi connectivity index (χ0v) is 9.84. The highest BCUT2D eigenvalue weighted by atomic mass is 32.1. The van der Waals surface area contributed by atoms with Gasteiger partial charge in [0.2, 0.25) is 0 Å². The number of nitrogens with one attached hydrogen (secondary N) is 1. The quantitative estimate of drug-likeness (QED) is 0.854. The van der Waals surface area contributed by atoms with Gasteiger partial charge in [-0.05, 0) is 37.0 Å². The van der Waals surface area contributed by atoms with E-state index in [1.807, 2.05) is 18.8 Å². The fraction of sp³-hybridized carbons (Fsp3) is 0.364. The molecule has 0 spiro atoms. The molecule has 0 fully saturated rings. The van der Waals surface area contributed by atoms with Crippen LogP contribution in [-0.2, 0) is 13.5 Å². The molecule has 0 bridgehead atoms. The summed E-state index contributed by atoms with van der Waals surface area (Å²) in [6, 6.07) is 2.12. The first-order chi connectivity index (χ1) is 7.31. The van der Waals surface area contributed by atoms with Gasteiger partial charge in [0, 0.05) is 24.2 Å². The Morgan fingerprint density at radius 2 is 2.40 bits per heavy atom. The van der Waals surface area contributed by atoms with Gasteiger partial charge in [0.1, 0.15) is 0 Å². The van der Waals surface area contributed by atoms with Gasteiger partial charge >= 0.3 is 0 Å². The number of nitrogens with zero attached hydrogens (tertiary/aromatic N) is 2. The third-order valence-electron chi connectivity index (χ3n) is 2.34. The van der Waals surface area contributed by atoms with Crippen LogP contribution < -0.4 is 5.32 Å². The van der Waals surface area contributed by atoms with Crippen molar-refractivity contribution in [1.29, 1.82) is 0 Å². The maximum absolute atomic E-state index is 4.50. The minimum absolute atomic E-state index is 0.989. The van der Waals surface area contributed by atoms with Crippen molar-refractivity contribution in [2.24, 2.45) is 7.05 Å². The van der Waals surface area contributed by atoms with Crippen LogP contribution in [0.5, 0.6) is 0 Å². The number of hydrogen-bond donors (Lipinski definition) is 1. The minimum atomic E-state index is 0.989. The Balaban J connectivity index is 2.29. The lowest BCUT2D eigenvalue weighted by Gasteiger charge is -1.99. The van der Waals surface area contributed by atoms with Crippen LogP contribution >= 0.6 is 11.3 Å². The number of likely N-dealkylation sites (N-methyl/N-ethyl adjacent to an activating group) is 1. The van der Waals surface area contributed by atoms with E-state index in [1.165, 1.54) is 11.1 Å². The van der Waals surface area contributed by atoms with E-state index >= 15 is 0 Å². The van der Waals surface area contributed by atoms with E-state index in [4.69, 9.17) is 0 Å². The normalized spacial score (nSPS) is 10.8. The average molecular weight is 221 g/mol. The first kappa shape index (κ1) is 10.4. The van der Waals surface area contributed by atoms with E-state index in [-0.39, 0.29) is 0 Å². The lowest BCUT2D eigenvalue weighted by Crippen LogP contribution is -2.10. The molecule has 0 aliphatic carbocycles. The highest BCUT2D eigenvalue weighted by Gasteiger charge is 2.09. The van der Waals surface area contributed by atoms with E-state index < -0.39 is 0 Å². The molecular formula is C11H15N3S. The van der Waals surface area contributed by atoms with Crippen LogP contribution in [0.25, 0.3) is 11.3 Å². The average Bonchev–Trinajstić information content (AvgIpc) is 2.83. The Morgan fingerprint density at radius 3 is 3.07 bits per heavy atom. The van der Waals surface area contributed by atoms with Gasteiger partial charge in [-0.1, -0.05) is 0 Å². The molecule has 0 amide bonds. The maximum Gasteiger partial charge on any atom is 0.0963 e. The topological polar surface area (TPSA) is 29.9 Å². The van der Waals surface area contributed by atoms with Gasteiger partial charge < -0.3 is 5.32 Å². The predicted octanol–water partition coefficient (Wildman–Crippen LogP) is 1.91. The predicted molar refractivity (Wildman–Crippen MR) is 64.2 cm³/mol. The van der Waals surface area contributed by atoms with E-state index in [0.717, 1.165) is 18.7 Å². The second-order valence-corrected chi connectivity index (χ2v) is 4.32. The van der Waals surface area contributed by atoms with Gasteiger partial charge in [-0.3, -0.25) is 4.68 Å². The summed E-state index contributed by atoms with van der Waals surface area (Å²) >= 11 is 1.71. The molecule has 2 aromatic rings. The molecule has 4 heteroatoms. The third kappa shape index (κ3) is 2.27. The summed E-state index contributed by atoms with van der Waals surface area (Å²) in [4.78, 5) is 0. The van der Waals surface area contributed by atoms with Gasteiger partial charge in [-0.2, -0.15) is 16.4 Å². The number of aromatic nitrogens is 2. The lowest BCUT2D eigenvalue weighted by atomic mass is 10.1. The van der Waals surface area contributed by atoms with Crippen molar-refractivity contribution in [3.8, 4) is 11.3 Å². The fourth-order valence-electron chi connectivity index (χ4n) is 1.62. The largest absolute Gasteiger partial charge is 0.319 e. The summed E-state index contributed by atoms with van der Waals surface area (Å²) in [5.74, 6) is 0. The molecule has 0 saturated carbocycles. The van der Waals surface area contributed by atoms with E-state index in [1.54, 1.807) is 11.3 Å². The number of thiophene rings is 1. The molecule has 0 aliphatic heterocycles. The monoisotopic (exact) mass is 221 g/mol. The molecule has 15 heavy (non-hydrogen) atoms. The number of rotatable bonds is 4. The Kier molecular flexibility index (Phi) is 3.18. The second-order valence-electron chi connectivity index (χ2n) is 3.54. The highest BCUT2D eigenvalue weighted by molar-refractivity contribution is 7.08. The van der Waals surface area contributed by atoms with Crippen LogP contribution in [0, 0.1) is 0 Å². The van der Waals surface area contributed by atoms with Crippen molar-refractivity contribution in [3.63, 3.8) is 0 Å². The van der Waals surface area contributed by atoms with Gasteiger partial charge in [-0.15, -0.1) is 0 Å². The molecule has 2 rings (SSSR count). The second kappa shape index (κ2) is 4.59. The van der Waals surface area contributed by atoms with Crippen molar-refractivity contribution < 1.29 is 0 Å². The van der Waals surface area contributed by atoms with Crippen LogP contribution in [-0.4, -0.2) is 23.4 Å². The van der Waals surface area contributed by atoms with E-state index in [9.17, 15) is 0 Å². The van der Waals surface area contributed by atoms with Gasteiger partial charge in [0.25, 0.3) is 0 Å². The number of aryl methyl sites for hydroxylation is 1. The van der Waals surface area contributed by atoms with E-state index in [2.05, 4.69) is 33.4 Å². The molecule has 0 aromatic carbocycles.